The minimum absolute atomic E-state index is 0.0631. The average Bonchev–Trinajstić information content (AvgIpc) is 2.60. The fourth-order valence-electron chi connectivity index (χ4n) is 2.10. The highest BCUT2D eigenvalue weighted by Gasteiger charge is 2.27. The standard InChI is InChI=1S/C16H16N2O5S/c1-21-12-8-14(22-2)16(15(9-12)23-3)24(19,20)18-13-7-5-4-6-11(13)10-17/h4-9,18H,1-3H3. The molecule has 2 rings (SSSR count). The fourth-order valence-corrected chi connectivity index (χ4v) is 3.49. The molecule has 0 saturated heterocycles. The van der Waals surface area contributed by atoms with E-state index >= 15 is 0 Å². The molecule has 0 aromatic heterocycles. The lowest BCUT2D eigenvalue weighted by Gasteiger charge is -2.16. The fraction of sp³-hybridized carbons (Fsp3) is 0.188. The molecule has 126 valence electrons. The van der Waals surface area contributed by atoms with Crippen LogP contribution in [0.1, 0.15) is 5.56 Å². The number of ether oxygens (including phenoxy) is 3. The van der Waals surface area contributed by atoms with Gasteiger partial charge < -0.3 is 14.2 Å². The van der Waals surface area contributed by atoms with Crippen molar-refractivity contribution in [3.8, 4) is 23.3 Å². The van der Waals surface area contributed by atoms with Crippen LogP contribution >= 0.6 is 0 Å². The van der Waals surface area contributed by atoms with Crippen LogP contribution in [0.5, 0.6) is 17.2 Å². The molecule has 1 N–H and O–H groups in total. The summed E-state index contributed by atoms with van der Waals surface area (Å²) in [6, 6.07) is 11.1. The highest BCUT2D eigenvalue weighted by Crippen LogP contribution is 2.38. The van der Waals surface area contributed by atoms with Crippen molar-refractivity contribution in [2.75, 3.05) is 26.1 Å². The second kappa shape index (κ2) is 7.10. The first kappa shape index (κ1) is 17.4. The molecular formula is C16H16N2O5S. The monoisotopic (exact) mass is 348 g/mol. The molecule has 2 aromatic carbocycles. The van der Waals surface area contributed by atoms with Gasteiger partial charge in [0.25, 0.3) is 10.0 Å². The summed E-state index contributed by atoms with van der Waals surface area (Å²) in [5.41, 5.74) is 0.368. The third kappa shape index (κ3) is 3.36. The molecule has 0 aliphatic heterocycles. The summed E-state index contributed by atoms with van der Waals surface area (Å²) in [5, 5.41) is 9.10. The molecule has 24 heavy (non-hydrogen) atoms. The molecule has 0 fully saturated rings. The van der Waals surface area contributed by atoms with Gasteiger partial charge in [0.1, 0.15) is 23.3 Å². The summed E-state index contributed by atoms with van der Waals surface area (Å²) in [5.74, 6) is 0.515. The Morgan fingerprint density at radius 2 is 1.58 bits per heavy atom. The minimum Gasteiger partial charge on any atom is -0.496 e. The van der Waals surface area contributed by atoms with E-state index in [1.54, 1.807) is 12.1 Å². The molecule has 0 amide bonds. The highest BCUT2D eigenvalue weighted by atomic mass is 32.2. The van der Waals surface area contributed by atoms with E-state index in [1.165, 1.54) is 45.6 Å². The predicted molar refractivity (Wildman–Crippen MR) is 88.1 cm³/mol. The van der Waals surface area contributed by atoms with Crippen molar-refractivity contribution in [3.63, 3.8) is 0 Å². The van der Waals surface area contributed by atoms with E-state index < -0.39 is 10.0 Å². The second-order valence-electron chi connectivity index (χ2n) is 4.62. The molecule has 0 aliphatic rings. The summed E-state index contributed by atoms with van der Waals surface area (Å²) >= 11 is 0. The number of nitrogens with one attached hydrogen (secondary N) is 1. The molecule has 0 bridgehead atoms. The number of sulfonamides is 1. The lowest BCUT2D eigenvalue weighted by molar-refractivity contribution is 0.359. The molecule has 0 aliphatic carbocycles. The van der Waals surface area contributed by atoms with Gasteiger partial charge in [-0.15, -0.1) is 0 Å². The van der Waals surface area contributed by atoms with Crippen molar-refractivity contribution in [1.82, 2.24) is 0 Å². The Kier molecular flexibility index (Phi) is 5.16. The quantitative estimate of drug-likeness (QED) is 0.861. The van der Waals surface area contributed by atoms with Gasteiger partial charge in [-0.1, -0.05) is 12.1 Å². The summed E-state index contributed by atoms with van der Waals surface area (Å²) in [7, 11) is 0.0726. The second-order valence-corrected chi connectivity index (χ2v) is 6.24. The lowest BCUT2D eigenvalue weighted by atomic mass is 10.2. The molecule has 0 atom stereocenters. The van der Waals surface area contributed by atoms with Gasteiger partial charge in [0.05, 0.1) is 32.6 Å². The first-order valence-corrected chi connectivity index (χ1v) is 8.27. The van der Waals surface area contributed by atoms with Crippen LogP contribution in [0.15, 0.2) is 41.3 Å². The summed E-state index contributed by atoms with van der Waals surface area (Å²) in [6.45, 7) is 0. The molecule has 0 saturated carbocycles. The van der Waals surface area contributed by atoms with Crippen molar-refractivity contribution in [2.45, 2.75) is 4.90 Å². The van der Waals surface area contributed by atoms with E-state index in [9.17, 15) is 8.42 Å². The molecule has 0 heterocycles. The maximum absolute atomic E-state index is 12.8. The number of nitrogens with zero attached hydrogens (tertiary/aromatic N) is 1. The van der Waals surface area contributed by atoms with Gasteiger partial charge >= 0.3 is 0 Å². The van der Waals surface area contributed by atoms with Crippen LogP contribution in [-0.4, -0.2) is 29.7 Å². The largest absolute Gasteiger partial charge is 0.496 e. The van der Waals surface area contributed by atoms with Gasteiger partial charge in [0, 0.05) is 12.1 Å². The number of rotatable bonds is 6. The van der Waals surface area contributed by atoms with Gasteiger partial charge in [-0.25, -0.2) is 8.42 Å². The SMILES string of the molecule is COc1cc(OC)c(S(=O)(=O)Nc2ccccc2C#N)c(OC)c1. The lowest BCUT2D eigenvalue weighted by Crippen LogP contribution is -2.16. The van der Waals surface area contributed by atoms with Crippen LogP contribution < -0.4 is 18.9 Å². The Bertz CT molecular complexity index is 863. The number of anilines is 1. The topological polar surface area (TPSA) is 97.6 Å². The van der Waals surface area contributed by atoms with Crippen LogP contribution in [0.25, 0.3) is 0 Å². The number of methoxy groups -OCH3 is 3. The summed E-state index contributed by atoms with van der Waals surface area (Å²) in [6.07, 6.45) is 0. The number of hydrogen-bond acceptors (Lipinski definition) is 6. The van der Waals surface area contributed by atoms with Gasteiger partial charge in [-0.05, 0) is 12.1 Å². The van der Waals surface area contributed by atoms with Crippen LogP contribution in [0.3, 0.4) is 0 Å². The summed E-state index contributed by atoms with van der Waals surface area (Å²) in [4.78, 5) is -0.180. The van der Waals surface area contributed by atoms with E-state index in [-0.39, 0.29) is 27.6 Å². The minimum atomic E-state index is -4.06. The van der Waals surface area contributed by atoms with E-state index in [1.807, 2.05) is 6.07 Å². The Hall–Kier alpha value is -2.92. The predicted octanol–water partition coefficient (Wildman–Crippen LogP) is 2.38. The molecule has 0 spiro atoms. The van der Waals surface area contributed by atoms with Crippen LogP contribution in [0.4, 0.5) is 5.69 Å². The van der Waals surface area contributed by atoms with Crippen LogP contribution in [-0.2, 0) is 10.0 Å². The van der Waals surface area contributed by atoms with E-state index in [0.717, 1.165) is 0 Å². The zero-order valence-electron chi connectivity index (χ0n) is 13.4. The zero-order chi connectivity index (χ0) is 17.7. The first-order chi connectivity index (χ1) is 11.5. The van der Waals surface area contributed by atoms with Crippen molar-refractivity contribution in [2.24, 2.45) is 0 Å². The molecule has 2 aromatic rings. The van der Waals surface area contributed by atoms with Gasteiger partial charge in [0.2, 0.25) is 0 Å². The molecule has 8 heteroatoms. The Labute approximate surface area is 140 Å². The Balaban J connectivity index is 2.59. The van der Waals surface area contributed by atoms with Gasteiger partial charge in [-0.3, -0.25) is 4.72 Å². The smallest absolute Gasteiger partial charge is 0.269 e. The maximum Gasteiger partial charge on any atom is 0.269 e. The first-order valence-electron chi connectivity index (χ1n) is 6.78. The van der Waals surface area contributed by atoms with Crippen LogP contribution in [0.2, 0.25) is 0 Å². The van der Waals surface area contributed by atoms with Crippen molar-refractivity contribution < 1.29 is 22.6 Å². The number of para-hydroxylation sites is 1. The summed E-state index contributed by atoms with van der Waals surface area (Å²) < 4.78 is 43.4. The van der Waals surface area contributed by atoms with E-state index in [2.05, 4.69) is 4.72 Å². The number of benzene rings is 2. The van der Waals surface area contributed by atoms with E-state index in [4.69, 9.17) is 19.5 Å². The highest BCUT2D eigenvalue weighted by molar-refractivity contribution is 7.93. The maximum atomic E-state index is 12.8. The molecule has 7 nitrogen and oxygen atoms in total. The van der Waals surface area contributed by atoms with Gasteiger partial charge in [0.15, 0.2) is 4.90 Å². The Morgan fingerprint density at radius 1 is 1.00 bits per heavy atom. The molecule has 0 unspecified atom stereocenters. The third-order valence-electron chi connectivity index (χ3n) is 3.23. The van der Waals surface area contributed by atoms with Crippen molar-refractivity contribution in [3.05, 3.63) is 42.0 Å². The Morgan fingerprint density at radius 3 is 2.08 bits per heavy atom. The van der Waals surface area contributed by atoms with E-state index in [0.29, 0.717) is 5.75 Å². The van der Waals surface area contributed by atoms with Crippen LogP contribution in [0, 0.1) is 11.3 Å². The number of nitriles is 1. The normalized spacial score (nSPS) is 10.6. The zero-order valence-corrected chi connectivity index (χ0v) is 14.2. The van der Waals surface area contributed by atoms with Gasteiger partial charge in [-0.2, -0.15) is 5.26 Å². The van der Waals surface area contributed by atoms with Crippen molar-refractivity contribution in [1.29, 1.82) is 5.26 Å². The number of hydrogen-bond donors (Lipinski definition) is 1. The third-order valence-corrected chi connectivity index (χ3v) is 4.66. The average molecular weight is 348 g/mol. The molecular weight excluding hydrogens is 332 g/mol. The van der Waals surface area contributed by atoms with Crippen molar-refractivity contribution >= 4 is 15.7 Å². The molecule has 0 radical (unpaired) electrons.